The minimum atomic E-state index is 1.29. The molecular formula is C31H66N4+2. The maximum atomic E-state index is 2.92. The number of hydrogen-bond donors (Lipinski definition) is 0. The van der Waals surface area contributed by atoms with Crippen molar-refractivity contribution in [3.05, 3.63) is 0 Å². The van der Waals surface area contributed by atoms with Crippen LogP contribution in [0.15, 0.2) is 0 Å². The SMILES string of the molecule is CCCCCN(CCCC)CCN(CC[N+]1(CCCC)CCCC1)CC[N+]1(CCCC)CCCC1. The summed E-state index contributed by atoms with van der Waals surface area (Å²) in [4.78, 5) is 5.73. The van der Waals surface area contributed by atoms with Gasteiger partial charge in [0, 0.05) is 51.9 Å². The van der Waals surface area contributed by atoms with E-state index in [0.29, 0.717) is 0 Å². The zero-order chi connectivity index (χ0) is 25.2. The van der Waals surface area contributed by atoms with Gasteiger partial charge in [-0.15, -0.1) is 0 Å². The minimum Gasteiger partial charge on any atom is -0.323 e. The van der Waals surface area contributed by atoms with Gasteiger partial charge in [0.15, 0.2) is 0 Å². The van der Waals surface area contributed by atoms with E-state index in [-0.39, 0.29) is 0 Å². The van der Waals surface area contributed by atoms with E-state index in [1.54, 1.807) is 0 Å². The molecule has 2 heterocycles. The monoisotopic (exact) mass is 495 g/mol. The molecule has 0 saturated carbocycles. The summed E-state index contributed by atoms with van der Waals surface area (Å²) in [6.45, 7) is 28.7. The molecule has 0 bridgehead atoms. The molecule has 2 saturated heterocycles. The molecule has 208 valence electrons. The fourth-order valence-corrected chi connectivity index (χ4v) is 6.75. The first kappa shape index (κ1) is 31.1. The highest BCUT2D eigenvalue weighted by molar-refractivity contribution is 4.67. The summed E-state index contributed by atoms with van der Waals surface area (Å²) in [5.41, 5.74) is 0. The van der Waals surface area contributed by atoms with E-state index >= 15 is 0 Å². The van der Waals surface area contributed by atoms with Gasteiger partial charge in [0.2, 0.25) is 0 Å². The van der Waals surface area contributed by atoms with Gasteiger partial charge in [-0.3, -0.25) is 4.90 Å². The van der Waals surface area contributed by atoms with E-state index in [9.17, 15) is 0 Å². The van der Waals surface area contributed by atoms with E-state index in [1.165, 1.54) is 184 Å². The molecule has 0 amide bonds. The van der Waals surface area contributed by atoms with Crippen molar-refractivity contribution < 1.29 is 8.97 Å². The number of nitrogens with zero attached hydrogens (tertiary/aromatic N) is 4. The molecule has 2 rings (SSSR count). The van der Waals surface area contributed by atoms with Gasteiger partial charge in [0.1, 0.15) is 0 Å². The maximum Gasteiger partial charge on any atom is 0.0915 e. The Hall–Kier alpha value is -0.160. The van der Waals surface area contributed by atoms with Crippen molar-refractivity contribution in [1.82, 2.24) is 9.80 Å². The van der Waals surface area contributed by atoms with Gasteiger partial charge in [-0.25, -0.2) is 0 Å². The molecule has 0 N–H and O–H groups in total. The molecule has 2 fully saturated rings. The number of quaternary nitrogens is 2. The summed E-state index contributed by atoms with van der Waals surface area (Å²) < 4.78 is 2.85. The second-order valence-corrected chi connectivity index (χ2v) is 12.3. The summed E-state index contributed by atoms with van der Waals surface area (Å²) in [5, 5.41) is 0. The average Bonchev–Trinajstić information content (AvgIpc) is 3.54. The van der Waals surface area contributed by atoms with Crippen LogP contribution in [0.4, 0.5) is 0 Å². The van der Waals surface area contributed by atoms with Gasteiger partial charge in [-0.2, -0.15) is 0 Å². The molecule has 0 spiro atoms. The first-order valence-electron chi connectivity index (χ1n) is 16.3. The Balaban J connectivity index is 1.99. The van der Waals surface area contributed by atoms with Crippen LogP contribution in [-0.2, 0) is 0 Å². The zero-order valence-electron chi connectivity index (χ0n) is 24.9. The van der Waals surface area contributed by atoms with Gasteiger partial charge in [0.05, 0.1) is 52.4 Å². The quantitative estimate of drug-likeness (QED) is 0.127. The van der Waals surface area contributed by atoms with Crippen LogP contribution in [0.2, 0.25) is 0 Å². The van der Waals surface area contributed by atoms with Crippen molar-refractivity contribution in [2.24, 2.45) is 0 Å². The van der Waals surface area contributed by atoms with Crippen LogP contribution in [0.25, 0.3) is 0 Å². The van der Waals surface area contributed by atoms with Gasteiger partial charge >= 0.3 is 0 Å². The molecular weight excluding hydrogens is 428 g/mol. The predicted molar refractivity (Wildman–Crippen MR) is 155 cm³/mol. The summed E-state index contributed by atoms with van der Waals surface area (Å²) in [5.74, 6) is 0. The highest BCUT2D eigenvalue weighted by Gasteiger charge is 2.34. The maximum absolute atomic E-state index is 2.92. The third-order valence-electron chi connectivity index (χ3n) is 9.42. The largest absolute Gasteiger partial charge is 0.323 e. The molecule has 0 radical (unpaired) electrons. The lowest BCUT2D eigenvalue weighted by Gasteiger charge is -2.39. The van der Waals surface area contributed by atoms with Gasteiger partial charge in [-0.05, 0) is 38.8 Å². The normalized spacial score (nSPS) is 19.4. The lowest BCUT2D eigenvalue weighted by Crippen LogP contribution is -2.54. The van der Waals surface area contributed by atoms with Crippen molar-refractivity contribution >= 4 is 0 Å². The van der Waals surface area contributed by atoms with E-state index < -0.39 is 0 Å². The van der Waals surface area contributed by atoms with Crippen LogP contribution >= 0.6 is 0 Å². The third-order valence-corrected chi connectivity index (χ3v) is 9.42. The van der Waals surface area contributed by atoms with E-state index in [0.717, 1.165) is 0 Å². The van der Waals surface area contributed by atoms with Gasteiger partial charge in [-0.1, -0.05) is 59.8 Å². The van der Waals surface area contributed by atoms with Gasteiger partial charge < -0.3 is 13.9 Å². The Morgan fingerprint density at radius 3 is 1.23 bits per heavy atom. The molecule has 4 heteroatoms. The Morgan fingerprint density at radius 1 is 0.400 bits per heavy atom. The molecule has 0 aromatic rings. The van der Waals surface area contributed by atoms with E-state index in [2.05, 4.69) is 37.5 Å². The smallest absolute Gasteiger partial charge is 0.0915 e. The van der Waals surface area contributed by atoms with E-state index in [4.69, 9.17) is 0 Å². The molecule has 0 aromatic carbocycles. The summed E-state index contributed by atoms with van der Waals surface area (Å²) in [7, 11) is 0. The first-order chi connectivity index (χ1) is 17.1. The second-order valence-electron chi connectivity index (χ2n) is 12.3. The van der Waals surface area contributed by atoms with Crippen molar-refractivity contribution in [2.45, 2.75) is 111 Å². The number of unbranched alkanes of at least 4 members (excludes halogenated alkanes) is 5. The molecule has 4 nitrogen and oxygen atoms in total. The number of hydrogen-bond acceptors (Lipinski definition) is 2. The van der Waals surface area contributed by atoms with Crippen LogP contribution in [0.3, 0.4) is 0 Å². The number of rotatable bonds is 22. The first-order valence-corrected chi connectivity index (χ1v) is 16.3. The zero-order valence-corrected chi connectivity index (χ0v) is 24.9. The second kappa shape index (κ2) is 18.2. The summed E-state index contributed by atoms with van der Waals surface area (Å²) in [6, 6.07) is 0. The Morgan fingerprint density at radius 2 is 0.800 bits per heavy atom. The van der Waals surface area contributed by atoms with E-state index in [1.807, 2.05) is 0 Å². The van der Waals surface area contributed by atoms with Crippen LogP contribution in [0, 0.1) is 0 Å². The lowest BCUT2D eigenvalue weighted by molar-refractivity contribution is -0.919. The fraction of sp³-hybridized carbons (Fsp3) is 1.00. The standard InChI is InChI=1S/C31H66N4/c1-5-9-13-19-32(18-10-6-2)20-21-33(22-30-34(24-11-7-3)26-14-15-27-34)23-31-35(25-12-8-4)28-16-17-29-35/h5-31H2,1-4H3/q+2. The molecule has 0 atom stereocenters. The molecule has 35 heavy (non-hydrogen) atoms. The minimum absolute atomic E-state index is 1.29. The highest BCUT2D eigenvalue weighted by atomic mass is 15.4. The highest BCUT2D eigenvalue weighted by Crippen LogP contribution is 2.22. The molecule has 0 unspecified atom stereocenters. The van der Waals surface area contributed by atoms with Crippen molar-refractivity contribution in [1.29, 1.82) is 0 Å². The molecule has 0 aromatic heterocycles. The number of likely N-dealkylation sites (tertiary alicyclic amines) is 2. The van der Waals surface area contributed by atoms with Crippen LogP contribution < -0.4 is 0 Å². The third kappa shape index (κ3) is 11.8. The Labute approximate surface area is 221 Å². The molecule has 2 aliphatic rings. The van der Waals surface area contributed by atoms with Crippen LogP contribution in [0.1, 0.15) is 111 Å². The van der Waals surface area contributed by atoms with Crippen molar-refractivity contribution in [3.8, 4) is 0 Å². The van der Waals surface area contributed by atoms with Crippen LogP contribution in [0.5, 0.6) is 0 Å². The Bertz CT molecular complexity index is 464. The van der Waals surface area contributed by atoms with Gasteiger partial charge in [0.25, 0.3) is 0 Å². The topological polar surface area (TPSA) is 6.48 Å². The Kier molecular flexibility index (Phi) is 16.1. The fourth-order valence-electron chi connectivity index (χ4n) is 6.75. The van der Waals surface area contributed by atoms with Crippen LogP contribution in [-0.4, -0.2) is 110 Å². The molecule has 0 aliphatic carbocycles. The molecule has 2 aliphatic heterocycles. The average molecular weight is 495 g/mol. The summed E-state index contributed by atoms with van der Waals surface area (Å²) in [6.07, 6.45) is 18.2. The lowest BCUT2D eigenvalue weighted by atomic mass is 10.2. The van der Waals surface area contributed by atoms with Crippen molar-refractivity contribution in [2.75, 3.05) is 91.6 Å². The van der Waals surface area contributed by atoms with Crippen molar-refractivity contribution in [3.63, 3.8) is 0 Å². The predicted octanol–water partition coefficient (Wildman–Crippen LogP) is 6.40. The summed E-state index contributed by atoms with van der Waals surface area (Å²) >= 11 is 0.